The van der Waals surface area contributed by atoms with Crippen LogP contribution in [0, 0.1) is 19.7 Å². The summed E-state index contributed by atoms with van der Waals surface area (Å²) in [6.07, 6.45) is 0. The van der Waals surface area contributed by atoms with E-state index < -0.39 is 11.8 Å². The Morgan fingerprint density at radius 2 is 2.11 bits per heavy atom. The van der Waals surface area contributed by atoms with Gasteiger partial charge in [0.05, 0.1) is 12.1 Å². The molecule has 0 unspecified atom stereocenters. The molecule has 0 aliphatic carbocycles. The highest BCUT2D eigenvalue weighted by molar-refractivity contribution is 7.09. The summed E-state index contributed by atoms with van der Waals surface area (Å²) in [5.41, 5.74) is 0.979. The van der Waals surface area contributed by atoms with E-state index in [2.05, 4.69) is 0 Å². The summed E-state index contributed by atoms with van der Waals surface area (Å²) in [4.78, 5) is 23.3. The first-order valence-corrected chi connectivity index (χ1v) is 6.40. The Morgan fingerprint density at radius 1 is 1.42 bits per heavy atom. The first-order chi connectivity index (χ1) is 8.90. The number of rotatable bonds is 3. The largest absolute Gasteiger partial charge is 0.478 e. The lowest BCUT2D eigenvalue weighted by Gasteiger charge is -2.07. The van der Waals surface area contributed by atoms with Gasteiger partial charge in [-0.2, -0.15) is 0 Å². The Balaban J connectivity index is 2.46. The predicted molar refractivity (Wildman–Crippen MR) is 70.5 cm³/mol. The third kappa shape index (κ3) is 2.58. The van der Waals surface area contributed by atoms with Crippen LogP contribution in [-0.4, -0.2) is 15.6 Å². The summed E-state index contributed by atoms with van der Waals surface area (Å²) >= 11 is 1.10. The summed E-state index contributed by atoms with van der Waals surface area (Å²) in [5, 5.41) is 8.89. The minimum atomic E-state index is -1.12. The van der Waals surface area contributed by atoms with Crippen LogP contribution >= 0.6 is 11.3 Å². The number of aromatic nitrogens is 1. The van der Waals surface area contributed by atoms with Crippen molar-refractivity contribution in [2.24, 2.45) is 0 Å². The molecule has 0 fully saturated rings. The molecule has 0 bridgehead atoms. The van der Waals surface area contributed by atoms with Gasteiger partial charge >= 0.3 is 10.8 Å². The Kier molecular flexibility index (Phi) is 3.53. The SMILES string of the molecule is Cc1sc(=O)n(Cc2cc(C(=O)O)ccc2F)c1C. The Morgan fingerprint density at radius 3 is 2.63 bits per heavy atom. The molecule has 19 heavy (non-hydrogen) atoms. The highest BCUT2D eigenvalue weighted by Gasteiger charge is 2.12. The Bertz CT molecular complexity index is 702. The van der Waals surface area contributed by atoms with Crippen LogP contribution in [0.5, 0.6) is 0 Å². The number of hydrogen-bond acceptors (Lipinski definition) is 3. The average molecular weight is 281 g/mol. The highest BCUT2D eigenvalue weighted by atomic mass is 32.1. The van der Waals surface area contributed by atoms with Crippen molar-refractivity contribution in [2.45, 2.75) is 20.4 Å². The fraction of sp³-hybridized carbons (Fsp3) is 0.231. The lowest BCUT2D eigenvalue weighted by molar-refractivity contribution is 0.0696. The molecule has 100 valence electrons. The maximum Gasteiger partial charge on any atom is 0.335 e. The van der Waals surface area contributed by atoms with Gasteiger partial charge in [-0.25, -0.2) is 9.18 Å². The number of halogens is 1. The standard InChI is InChI=1S/C13H12FNO3S/c1-7-8(2)19-13(18)15(7)6-10-5-9(12(16)17)3-4-11(10)14/h3-5H,6H2,1-2H3,(H,16,17). The molecule has 0 radical (unpaired) electrons. The van der Waals surface area contributed by atoms with Gasteiger partial charge in [0.25, 0.3) is 0 Å². The molecule has 0 saturated carbocycles. The normalized spacial score (nSPS) is 10.7. The fourth-order valence-corrected chi connectivity index (χ4v) is 2.60. The molecule has 0 aliphatic rings. The van der Waals surface area contributed by atoms with Gasteiger partial charge in [0.15, 0.2) is 0 Å². The van der Waals surface area contributed by atoms with Gasteiger partial charge in [0.2, 0.25) is 0 Å². The van der Waals surface area contributed by atoms with Gasteiger partial charge in [-0.3, -0.25) is 9.36 Å². The van der Waals surface area contributed by atoms with Crippen LogP contribution in [0.25, 0.3) is 0 Å². The zero-order chi connectivity index (χ0) is 14.2. The second-order valence-corrected chi connectivity index (χ2v) is 5.37. The van der Waals surface area contributed by atoms with E-state index in [1.807, 2.05) is 6.92 Å². The van der Waals surface area contributed by atoms with Gasteiger partial charge < -0.3 is 5.11 Å². The molecule has 1 heterocycles. The Hall–Kier alpha value is -1.95. The van der Waals surface area contributed by atoms with E-state index in [0.717, 1.165) is 28.0 Å². The lowest BCUT2D eigenvalue weighted by atomic mass is 10.1. The molecule has 6 heteroatoms. The molecule has 2 aromatic rings. The summed E-state index contributed by atoms with van der Waals surface area (Å²) in [6.45, 7) is 3.65. The number of hydrogen-bond donors (Lipinski definition) is 1. The number of carboxylic acid groups (broad SMARTS) is 1. The van der Waals surface area contributed by atoms with Crippen LogP contribution < -0.4 is 4.87 Å². The van der Waals surface area contributed by atoms with Crippen molar-refractivity contribution in [1.29, 1.82) is 0 Å². The number of carboxylic acids is 1. The topological polar surface area (TPSA) is 59.3 Å². The summed E-state index contributed by atoms with van der Waals surface area (Å²) < 4.78 is 15.1. The van der Waals surface area contributed by atoms with E-state index in [9.17, 15) is 14.0 Å². The van der Waals surface area contributed by atoms with Gasteiger partial charge in [0.1, 0.15) is 5.82 Å². The summed E-state index contributed by atoms with van der Waals surface area (Å²) in [5.74, 6) is -1.63. The minimum absolute atomic E-state index is 0.00838. The maximum absolute atomic E-state index is 13.7. The zero-order valence-corrected chi connectivity index (χ0v) is 11.3. The van der Waals surface area contributed by atoms with E-state index in [0.29, 0.717) is 0 Å². The van der Waals surface area contributed by atoms with E-state index in [1.165, 1.54) is 16.7 Å². The third-order valence-corrected chi connectivity index (χ3v) is 3.99. The van der Waals surface area contributed by atoms with E-state index in [4.69, 9.17) is 5.11 Å². The molecule has 1 aromatic carbocycles. The van der Waals surface area contributed by atoms with Crippen molar-refractivity contribution in [1.82, 2.24) is 4.57 Å². The van der Waals surface area contributed by atoms with Crippen molar-refractivity contribution in [3.05, 3.63) is 55.4 Å². The lowest BCUT2D eigenvalue weighted by Crippen LogP contribution is -2.16. The first-order valence-electron chi connectivity index (χ1n) is 5.58. The third-order valence-electron chi connectivity index (χ3n) is 3.00. The van der Waals surface area contributed by atoms with Crippen LogP contribution in [0.3, 0.4) is 0 Å². The molecular formula is C13H12FNO3S. The molecule has 0 atom stereocenters. The van der Waals surface area contributed by atoms with E-state index in [1.54, 1.807) is 6.92 Å². The van der Waals surface area contributed by atoms with Crippen molar-refractivity contribution < 1.29 is 14.3 Å². The van der Waals surface area contributed by atoms with Gasteiger partial charge in [0, 0.05) is 16.1 Å². The van der Waals surface area contributed by atoms with E-state index >= 15 is 0 Å². The first kappa shape index (κ1) is 13.5. The molecule has 0 amide bonds. The van der Waals surface area contributed by atoms with Crippen LogP contribution in [0.15, 0.2) is 23.0 Å². The van der Waals surface area contributed by atoms with Gasteiger partial charge in [-0.05, 0) is 32.0 Å². The summed E-state index contributed by atoms with van der Waals surface area (Å²) in [7, 11) is 0. The van der Waals surface area contributed by atoms with Gasteiger partial charge in [-0.15, -0.1) is 0 Å². The average Bonchev–Trinajstić information content (AvgIpc) is 2.58. The number of benzene rings is 1. The number of nitrogens with zero attached hydrogens (tertiary/aromatic N) is 1. The molecule has 2 rings (SSSR count). The van der Waals surface area contributed by atoms with Crippen molar-refractivity contribution >= 4 is 17.3 Å². The van der Waals surface area contributed by atoms with Crippen LogP contribution in [0.2, 0.25) is 0 Å². The van der Waals surface area contributed by atoms with Crippen molar-refractivity contribution in [2.75, 3.05) is 0 Å². The summed E-state index contributed by atoms with van der Waals surface area (Å²) in [6, 6.07) is 3.57. The Labute approximate surface area is 112 Å². The molecule has 1 aromatic heterocycles. The molecule has 0 saturated heterocycles. The zero-order valence-electron chi connectivity index (χ0n) is 10.4. The molecule has 0 spiro atoms. The number of carbonyl (C=O) groups is 1. The highest BCUT2D eigenvalue weighted by Crippen LogP contribution is 2.15. The van der Waals surface area contributed by atoms with E-state index in [-0.39, 0.29) is 22.5 Å². The predicted octanol–water partition coefficient (Wildman–Crippen LogP) is 2.41. The smallest absolute Gasteiger partial charge is 0.335 e. The number of thiazole rings is 1. The van der Waals surface area contributed by atoms with Crippen LogP contribution in [0.4, 0.5) is 4.39 Å². The molecule has 0 aliphatic heterocycles. The minimum Gasteiger partial charge on any atom is -0.478 e. The van der Waals surface area contributed by atoms with Gasteiger partial charge in [-0.1, -0.05) is 11.3 Å². The van der Waals surface area contributed by atoms with Crippen molar-refractivity contribution in [3.63, 3.8) is 0 Å². The maximum atomic E-state index is 13.7. The second-order valence-electron chi connectivity index (χ2n) is 4.21. The fourth-order valence-electron chi connectivity index (χ4n) is 1.77. The second kappa shape index (κ2) is 4.97. The monoisotopic (exact) mass is 281 g/mol. The van der Waals surface area contributed by atoms with Crippen LogP contribution in [0.1, 0.15) is 26.5 Å². The molecule has 1 N–H and O–H groups in total. The van der Waals surface area contributed by atoms with Crippen molar-refractivity contribution in [3.8, 4) is 0 Å². The molecular weight excluding hydrogens is 269 g/mol. The number of aromatic carboxylic acids is 1. The molecule has 4 nitrogen and oxygen atoms in total. The van der Waals surface area contributed by atoms with Crippen LogP contribution in [-0.2, 0) is 6.54 Å². The quantitative estimate of drug-likeness (QED) is 0.940. The number of aryl methyl sites for hydroxylation is 1.